The Labute approximate surface area is 175 Å². The van der Waals surface area contributed by atoms with Crippen molar-refractivity contribution in [3.05, 3.63) is 11.8 Å². The highest BCUT2D eigenvalue weighted by molar-refractivity contribution is 7.92. The summed E-state index contributed by atoms with van der Waals surface area (Å²) in [5.74, 6) is 0. The zero-order chi connectivity index (χ0) is 22.3. The molecule has 0 bridgehead atoms. The molecule has 0 saturated carbocycles. The van der Waals surface area contributed by atoms with Gasteiger partial charge in [-0.05, 0) is 50.1 Å². The molecule has 0 spiro atoms. The molecule has 1 aromatic heterocycles. The van der Waals surface area contributed by atoms with Crippen LogP contribution in [0.3, 0.4) is 0 Å². The van der Waals surface area contributed by atoms with E-state index in [9.17, 15) is 4.21 Å². The van der Waals surface area contributed by atoms with Gasteiger partial charge >= 0.3 is 0 Å². The Morgan fingerprint density at radius 3 is 2.04 bits per heavy atom. The zero-order valence-corrected chi connectivity index (χ0v) is 22.8. The molecule has 2 N–H and O–H groups in total. The van der Waals surface area contributed by atoms with Gasteiger partial charge in [-0.2, -0.15) is 5.10 Å². The summed E-state index contributed by atoms with van der Waals surface area (Å²) in [6, 6.07) is 0.142. The second-order valence-electron chi connectivity index (χ2n) is 11.1. The van der Waals surface area contributed by atoms with Crippen molar-refractivity contribution in [3.63, 3.8) is 0 Å². The summed E-state index contributed by atoms with van der Waals surface area (Å²) >= 11 is 0. The maximum Gasteiger partial charge on any atom is 0.195 e. The van der Waals surface area contributed by atoms with Gasteiger partial charge in [0.15, 0.2) is 21.6 Å². The molecule has 6 nitrogen and oxygen atoms in total. The predicted octanol–water partition coefficient (Wildman–Crippen LogP) is 5.69. The van der Waals surface area contributed by atoms with Crippen molar-refractivity contribution in [2.24, 2.45) is 9.17 Å². The SMILES string of the molecule is CC(C)n1cc(CO[Si](C)(C)C(C)(C)C)c(S(N)(=O)=N[Si](C)(C)C(C)(C)C)n1. The maximum absolute atomic E-state index is 13.6. The van der Waals surface area contributed by atoms with Gasteiger partial charge < -0.3 is 4.43 Å². The molecule has 1 atom stereocenters. The molecular formula is C19H42N4O2SSi2. The van der Waals surface area contributed by atoms with Gasteiger partial charge in [-0.25, -0.2) is 9.35 Å². The van der Waals surface area contributed by atoms with E-state index in [1.165, 1.54) is 0 Å². The Bertz CT molecular complexity index is 809. The summed E-state index contributed by atoms with van der Waals surface area (Å²) in [4.78, 5) is 0. The lowest BCUT2D eigenvalue weighted by atomic mass is 10.2. The summed E-state index contributed by atoms with van der Waals surface area (Å²) < 4.78 is 26.5. The van der Waals surface area contributed by atoms with E-state index in [0.29, 0.717) is 11.6 Å². The highest BCUT2D eigenvalue weighted by atomic mass is 32.2. The van der Waals surface area contributed by atoms with Gasteiger partial charge in [-0.15, -0.1) is 0 Å². The molecule has 1 unspecified atom stereocenters. The summed E-state index contributed by atoms with van der Waals surface area (Å²) in [5.41, 5.74) is 0.786. The van der Waals surface area contributed by atoms with E-state index < -0.39 is 26.5 Å². The van der Waals surface area contributed by atoms with Gasteiger partial charge in [0.05, 0.1) is 6.61 Å². The van der Waals surface area contributed by atoms with Gasteiger partial charge in [0, 0.05) is 17.8 Å². The number of nitrogens with zero attached hydrogens (tertiary/aromatic N) is 3. The summed E-state index contributed by atoms with van der Waals surface area (Å²) in [6.45, 7) is 26.1. The van der Waals surface area contributed by atoms with Crippen LogP contribution in [0.15, 0.2) is 15.3 Å². The standard InChI is InChI=1S/C19H42N4O2SSi2/c1-15(2)23-13-16(14-25-28(11,12)19(6,7)8)17(21-23)26(20,24)22-27(9,10)18(3,4)5/h13,15H,14H2,1-12H3,(H2,20,22,24). The van der Waals surface area contributed by atoms with Crippen molar-refractivity contribution in [1.29, 1.82) is 0 Å². The number of hydrogen-bond donors (Lipinski definition) is 1. The highest BCUT2D eigenvalue weighted by Crippen LogP contribution is 2.39. The van der Waals surface area contributed by atoms with Crippen LogP contribution < -0.4 is 5.14 Å². The molecule has 0 radical (unpaired) electrons. The molecule has 0 aromatic carbocycles. The minimum absolute atomic E-state index is 0.0482. The number of nitrogens with two attached hydrogens (primary N) is 1. The first-order chi connectivity index (χ1) is 12.2. The monoisotopic (exact) mass is 446 g/mol. The van der Waals surface area contributed by atoms with Crippen LogP contribution in [0.5, 0.6) is 0 Å². The summed E-state index contributed by atoms with van der Waals surface area (Å²) in [5, 5.41) is 11.4. The van der Waals surface area contributed by atoms with Crippen LogP contribution in [0, 0.1) is 0 Å². The molecule has 0 aliphatic carbocycles. The number of hydrogen-bond acceptors (Lipinski definition) is 4. The van der Waals surface area contributed by atoms with Crippen LogP contribution in [0.2, 0.25) is 36.3 Å². The molecule has 0 amide bonds. The van der Waals surface area contributed by atoms with Crippen molar-refractivity contribution in [2.45, 2.75) is 109 Å². The second kappa shape index (κ2) is 7.98. The lowest BCUT2D eigenvalue weighted by Crippen LogP contribution is -2.40. The van der Waals surface area contributed by atoms with Crippen LogP contribution in [0.1, 0.15) is 67.0 Å². The normalized spacial score (nSPS) is 16.4. The molecule has 0 aliphatic heterocycles. The molecular weight excluding hydrogens is 404 g/mol. The third-order valence-electron chi connectivity index (χ3n) is 6.17. The van der Waals surface area contributed by atoms with E-state index >= 15 is 0 Å². The molecule has 1 rings (SSSR count). The molecule has 28 heavy (non-hydrogen) atoms. The molecule has 0 aliphatic rings. The van der Waals surface area contributed by atoms with E-state index in [-0.39, 0.29) is 16.1 Å². The van der Waals surface area contributed by atoms with Crippen LogP contribution >= 0.6 is 0 Å². The quantitative estimate of drug-likeness (QED) is 0.570. The topological polar surface area (TPSA) is 82.5 Å². The first kappa shape index (κ1) is 25.6. The summed E-state index contributed by atoms with van der Waals surface area (Å²) in [7, 11) is -7.27. The first-order valence-corrected chi connectivity index (χ1v) is 17.4. The largest absolute Gasteiger partial charge is 0.412 e. The van der Waals surface area contributed by atoms with Crippen LogP contribution in [0.4, 0.5) is 0 Å². The fourth-order valence-electron chi connectivity index (χ4n) is 2.02. The lowest BCUT2D eigenvalue weighted by Gasteiger charge is -2.36. The van der Waals surface area contributed by atoms with Gasteiger partial charge in [0.25, 0.3) is 0 Å². The Balaban J connectivity index is 3.46. The molecule has 0 fully saturated rings. The maximum atomic E-state index is 13.6. The number of rotatable bonds is 6. The van der Waals surface area contributed by atoms with E-state index in [1.54, 1.807) is 0 Å². The Morgan fingerprint density at radius 1 is 1.14 bits per heavy atom. The smallest absolute Gasteiger partial charge is 0.195 e. The Kier molecular flexibility index (Phi) is 7.28. The first-order valence-electron chi connectivity index (χ1n) is 9.99. The van der Waals surface area contributed by atoms with Crippen molar-refractivity contribution < 1.29 is 8.63 Å². The molecule has 1 aromatic rings. The fourth-order valence-corrected chi connectivity index (χ4v) is 7.82. The van der Waals surface area contributed by atoms with Gasteiger partial charge in [0.2, 0.25) is 0 Å². The zero-order valence-electron chi connectivity index (χ0n) is 20.0. The van der Waals surface area contributed by atoms with Gasteiger partial charge in [0.1, 0.15) is 9.92 Å². The second-order valence-corrected chi connectivity index (χ2v) is 22.7. The van der Waals surface area contributed by atoms with Crippen molar-refractivity contribution in [1.82, 2.24) is 9.78 Å². The van der Waals surface area contributed by atoms with Crippen molar-refractivity contribution in [2.75, 3.05) is 0 Å². The number of aromatic nitrogens is 2. The van der Waals surface area contributed by atoms with E-state index in [4.69, 9.17) is 13.6 Å². The van der Waals surface area contributed by atoms with E-state index in [1.807, 2.05) is 24.7 Å². The third kappa shape index (κ3) is 5.78. The lowest BCUT2D eigenvalue weighted by molar-refractivity contribution is 0.273. The van der Waals surface area contributed by atoms with Crippen LogP contribution in [-0.2, 0) is 20.9 Å². The molecule has 0 saturated heterocycles. The van der Waals surface area contributed by atoms with Crippen LogP contribution in [-0.4, -0.2) is 30.5 Å². The van der Waals surface area contributed by atoms with Crippen LogP contribution in [0.25, 0.3) is 0 Å². The third-order valence-corrected chi connectivity index (χ3v) is 18.1. The van der Waals surface area contributed by atoms with E-state index in [0.717, 1.165) is 5.56 Å². The average molecular weight is 447 g/mol. The van der Waals surface area contributed by atoms with E-state index in [2.05, 4.69) is 72.8 Å². The predicted molar refractivity (Wildman–Crippen MR) is 125 cm³/mol. The average Bonchev–Trinajstić information content (AvgIpc) is 2.87. The van der Waals surface area contributed by atoms with Gasteiger partial charge in [-0.1, -0.05) is 41.5 Å². The molecule has 164 valence electrons. The fraction of sp³-hybridized carbons (Fsp3) is 0.842. The highest BCUT2D eigenvalue weighted by Gasteiger charge is 2.39. The van der Waals surface area contributed by atoms with Crippen molar-refractivity contribution in [3.8, 4) is 0 Å². The summed E-state index contributed by atoms with van der Waals surface area (Å²) in [6.07, 6.45) is 1.92. The molecule has 1 heterocycles. The minimum atomic E-state index is -3.11. The van der Waals surface area contributed by atoms with Crippen molar-refractivity contribution >= 4 is 26.5 Å². The molecule has 9 heteroatoms. The Hall–Kier alpha value is -0.486. The minimum Gasteiger partial charge on any atom is -0.412 e. The Morgan fingerprint density at radius 2 is 1.64 bits per heavy atom. The van der Waals surface area contributed by atoms with Gasteiger partial charge in [-0.3, -0.25) is 8.71 Å².